The Bertz CT molecular complexity index is 796. The number of hydrogen-bond acceptors (Lipinski definition) is 4. The molecule has 0 N–H and O–H groups in total. The second kappa shape index (κ2) is 6.36. The lowest BCUT2D eigenvalue weighted by Crippen LogP contribution is -2.11. The minimum absolute atomic E-state index is 0.0225. The third-order valence-electron chi connectivity index (χ3n) is 2.89. The standard InChI is InChI=1S/C15H14Cl2O4S/c1-9-6-10(2)8-11(7-9)21-22(18,19)13-5-4-12(16)14(17)15(13)20-3/h4-8H,1-3H3. The summed E-state index contributed by atoms with van der Waals surface area (Å²) in [6.07, 6.45) is 0. The van der Waals surface area contributed by atoms with Gasteiger partial charge in [0.15, 0.2) is 5.75 Å². The predicted octanol–water partition coefficient (Wildman–Crippen LogP) is 4.39. The van der Waals surface area contributed by atoms with Crippen LogP contribution in [0.2, 0.25) is 10.0 Å². The monoisotopic (exact) mass is 360 g/mol. The summed E-state index contributed by atoms with van der Waals surface area (Å²) in [7, 11) is -2.78. The summed E-state index contributed by atoms with van der Waals surface area (Å²) in [6.45, 7) is 3.71. The molecule has 0 saturated heterocycles. The molecule has 0 saturated carbocycles. The van der Waals surface area contributed by atoms with Crippen LogP contribution in [0.1, 0.15) is 11.1 Å². The molecule has 0 spiro atoms. The maximum absolute atomic E-state index is 12.5. The quantitative estimate of drug-likeness (QED) is 0.758. The van der Waals surface area contributed by atoms with E-state index in [-0.39, 0.29) is 26.4 Å². The van der Waals surface area contributed by atoms with Gasteiger partial charge < -0.3 is 8.92 Å². The highest BCUT2D eigenvalue weighted by molar-refractivity contribution is 7.87. The van der Waals surface area contributed by atoms with E-state index in [1.807, 2.05) is 19.9 Å². The van der Waals surface area contributed by atoms with Crippen molar-refractivity contribution in [3.8, 4) is 11.5 Å². The highest BCUT2D eigenvalue weighted by Gasteiger charge is 2.25. The van der Waals surface area contributed by atoms with E-state index in [0.29, 0.717) is 0 Å². The molecule has 0 unspecified atom stereocenters. The van der Waals surface area contributed by atoms with Crippen LogP contribution in [-0.2, 0) is 10.1 Å². The maximum atomic E-state index is 12.5. The van der Waals surface area contributed by atoms with Crippen molar-refractivity contribution >= 4 is 33.3 Å². The van der Waals surface area contributed by atoms with Gasteiger partial charge in [0.05, 0.1) is 12.1 Å². The third kappa shape index (κ3) is 3.48. The van der Waals surface area contributed by atoms with Crippen LogP contribution in [0.25, 0.3) is 0 Å². The molecule has 0 aliphatic heterocycles. The zero-order chi connectivity index (χ0) is 16.5. The molecule has 2 rings (SSSR count). The molecular formula is C15H14Cl2O4S. The van der Waals surface area contributed by atoms with Gasteiger partial charge >= 0.3 is 10.1 Å². The van der Waals surface area contributed by atoms with Gasteiger partial charge in [0.1, 0.15) is 15.7 Å². The van der Waals surface area contributed by atoms with Crippen LogP contribution in [-0.4, -0.2) is 15.5 Å². The Hall–Kier alpha value is -1.43. The number of rotatable bonds is 4. The molecule has 2 aromatic carbocycles. The van der Waals surface area contributed by atoms with Crippen LogP contribution in [0, 0.1) is 13.8 Å². The number of ether oxygens (including phenoxy) is 1. The Kier molecular flexibility index (Phi) is 4.90. The van der Waals surface area contributed by atoms with Crippen molar-refractivity contribution in [2.24, 2.45) is 0 Å². The van der Waals surface area contributed by atoms with Crippen LogP contribution >= 0.6 is 23.2 Å². The average molecular weight is 361 g/mol. The molecule has 0 heterocycles. The molecule has 22 heavy (non-hydrogen) atoms. The SMILES string of the molecule is COc1c(S(=O)(=O)Oc2cc(C)cc(C)c2)ccc(Cl)c1Cl. The highest BCUT2D eigenvalue weighted by Crippen LogP contribution is 2.38. The Morgan fingerprint density at radius 3 is 2.14 bits per heavy atom. The predicted molar refractivity (Wildman–Crippen MR) is 86.7 cm³/mol. The maximum Gasteiger partial charge on any atom is 0.342 e. The smallest absolute Gasteiger partial charge is 0.342 e. The van der Waals surface area contributed by atoms with E-state index >= 15 is 0 Å². The zero-order valence-electron chi connectivity index (χ0n) is 12.2. The fourth-order valence-corrected chi connectivity index (χ4v) is 3.59. The normalized spacial score (nSPS) is 11.3. The third-order valence-corrected chi connectivity index (χ3v) is 4.95. The minimum Gasteiger partial charge on any atom is -0.494 e. The summed E-state index contributed by atoms with van der Waals surface area (Å²) in [6, 6.07) is 7.86. The van der Waals surface area contributed by atoms with Crippen molar-refractivity contribution in [3.63, 3.8) is 0 Å². The van der Waals surface area contributed by atoms with E-state index in [9.17, 15) is 8.42 Å². The molecule has 0 aromatic heterocycles. The zero-order valence-corrected chi connectivity index (χ0v) is 14.5. The Morgan fingerprint density at radius 2 is 1.59 bits per heavy atom. The van der Waals surface area contributed by atoms with Crippen molar-refractivity contribution in [1.29, 1.82) is 0 Å². The van der Waals surface area contributed by atoms with Gasteiger partial charge in [-0.3, -0.25) is 0 Å². The second-order valence-electron chi connectivity index (χ2n) is 4.75. The summed E-state index contributed by atoms with van der Waals surface area (Å²) in [5.74, 6) is 0.184. The lowest BCUT2D eigenvalue weighted by Gasteiger charge is -2.13. The van der Waals surface area contributed by atoms with E-state index in [1.54, 1.807) is 12.1 Å². The Balaban J connectivity index is 2.49. The molecule has 0 fully saturated rings. The van der Waals surface area contributed by atoms with Gasteiger partial charge in [-0.2, -0.15) is 8.42 Å². The first-order valence-electron chi connectivity index (χ1n) is 6.29. The number of aryl methyl sites for hydroxylation is 2. The summed E-state index contributed by atoms with van der Waals surface area (Å²) in [5.41, 5.74) is 1.79. The molecule has 0 aliphatic rings. The van der Waals surface area contributed by atoms with Crippen molar-refractivity contribution in [2.75, 3.05) is 7.11 Å². The molecule has 0 bridgehead atoms. The average Bonchev–Trinajstić information content (AvgIpc) is 2.39. The first-order valence-corrected chi connectivity index (χ1v) is 8.46. The largest absolute Gasteiger partial charge is 0.494 e. The van der Waals surface area contributed by atoms with Crippen molar-refractivity contribution in [3.05, 3.63) is 51.5 Å². The van der Waals surface area contributed by atoms with E-state index in [1.165, 1.54) is 19.2 Å². The second-order valence-corrected chi connectivity index (χ2v) is 7.05. The van der Waals surface area contributed by atoms with Gasteiger partial charge in [-0.25, -0.2) is 0 Å². The van der Waals surface area contributed by atoms with Gasteiger partial charge in [-0.05, 0) is 49.2 Å². The van der Waals surface area contributed by atoms with E-state index < -0.39 is 10.1 Å². The molecule has 0 amide bonds. The summed E-state index contributed by atoms with van der Waals surface area (Å²) in [4.78, 5) is -0.177. The first kappa shape index (κ1) is 16.9. The van der Waals surface area contributed by atoms with Gasteiger partial charge in [0.25, 0.3) is 0 Å². The lowest BCUT2D eigenvalue weighted by molar-refractivity contribution is 0.398. The van der Waals surface area contributed by atoms with Crippen molar-refractivity contribution in [2.45, 2.75) is 18.7 Å². The van der Waals surface area contributed by atoms with Crippen LogP contribution in [0.15, 0.2) is 35.2 Å². The van der Waals surface area contributed by atoms with Crippen LogP contribution in [0.5, 0.6) is 11.5 Å². The van der Waals surface area contributed by atoms with Gasteiger partial charge in [-0.15, -0.1) is 0 Å². The highest BCUT2D eigenvalue weighted by atomic mass is 35.5. The van der Waals surface area contributed by atoms with Crippen molar-refractivity contribution in [1.82, 2.24) is 0 Å². The summed E-state index contributed by atoms with van der Waals surface area (Å²) < 4.78 is 35.2. The van der Waals surface area contributed by atoms with Gasteiger partial charge in [0.2, 0.25) is 0 Å². The van der Waals surface area contributed by atoms with E-state index in [4.69, 9.17) is 32.1 Å². The topological polar surface area (TPSA) is 52.6 Å². The van der Waals surface area contributed by atoms with Gasteiger partial charge in [-0.1, -0.05) is 29.3 Å². The molecule has 2 aromatic rings. The fourth-order valence-electron chi connectivity index (χ4n) is 2.05. The first-order chi connectivity index (χ1) is 10.2. The van der Waals surface area contributed by atoms with E-state index in [2.05, 4.69) is 0 Å². The molecule has 4 nitrogen and oxygen atoms in total. The van der Waals surface area contributed by atoms with Crippen LogP contribution < -0.4 is 8.92 Å². The molecule has 0 aliphatic carbocycles. The number of methoxy groups -OCH3 is 1. The van der Waals surface area contributed by atoms with E-state index in [0.717, 1.165) is 11.1 Å². The minimum atomic E-state index is -4.10. The van der Waals surface area contributed by atoms with Gasteiger partial charge in [0, 0.05) is 0 Å². The summed E-state index contributed by atoms with van der Waals surface area (Å²) in [5, 5.41) is 0.220. The molecule has 0 radical (unpaired) electrons. The molecule has 7 heteroatoms. The number of halogens is 2. The summed E-state index contributed by atoms with van der Waals surface area (Å²) >= 11 is 11.8. The number of hydrogen-bond donors (Lipinski definition) is 0. The Morgan fingerprint density at radius 1 is 1.00 bits per heavy atom. The van der Waals surface area contributed by atoms with Crippen molar-refractivity contribution < 1.29 is 17.3 Å². The lowest BCUT2D eigenvalue weighted by atomic mass is 10.1. The fraction of sp³-hybridized carbons (Fsp3) is 0.200. The molecule has 0 atom stereocenters. The molecular weight excluding hydrogens is 347 g/mol. The van der Waals surface area contributed by atoms with Crippen LogP contribution in [0.3, 0.4) is 0 Å². The number of benzene rings is 2. The Labute approximate surface area is 139 Å². The van der Waals surface area contributed by atoms with Crippen LogP contribution in [0.4, 0.5) is 0 Å². The molecule has 118 valence electrons.